The lowest BCUT2D eigenvalue weighted by molar-refractivity contribution is 0.506. The zero-order valence-electron chi connectivity index (χ0n) is 17.6. The second kappa shape index (κ2) is 8.78. The molecule has 0 saturated heterocycles. The third-order valence-electron chi connectivity index (χ3n) is 4.89. The number of sulfone groups is 1. The number of aliphatic imine (C=N–C) groups is 1. The van der Waals surface area contributed by atoms with Crippen molar-refractivity contribution >= 4 is 15.8 Å². The molecule has 0 heterocycles. The first-order chi connectivity index (χ1) is 13.0. The molecule has 0 bridgehead atoms. The number of nitrogens with zero attached hydrogens (tertiary/aromatic N) is 1. The fourth-order valence-corrected chi connectivity index (χ4v) is 4.34. The minimum atomic E-state index is -3.20. The van der Waals surface area contributed by atoms with Crippen molar-refractivity contribution in [2.45, 2.75) is 44.6 Å². The zero-order valence-corrected chi connectivity index (χ0v) is 18.4. The van der Waals surface area contributed by atoms with E-state index in [0.717, 1.165) is 17.7 Å². The summed E-state index contributed by atoms with van der Waals surface area (Å²) in [6, 6.07) is 13.8. The standard InChI is InChI=1S/C22H31N3O2S/c1-16-9-7-8-10-19(16)22(3,4)15-25-21(23-5)24-14-18-11-12-20(17(2)13-18)28(6,26)27/h7-13H,14-15H2,1-6H3,(H2,23,24,25). The quantitative estimate of drug-likeness (QED) is 0.575. The van der Waals surface area contributed by atoms with Gasteiger partial charge in [0.05, 0.1) is 4.90 Å². The highest BCUT2D eigenvalue weighted by Crippen LogP contribution is 2.25. The van der Waals surface area contributed by atoms with E-state index in [0.29, 0.717) is 17.4 Å². The maximum Gasteiger partial charge on any atom is 0.191 e. The van der Waals surface area contributed by atoms with Crippen molar-refractivity contribution in [2.24, 2.45) is 4.99 Å². The van der Waals surface area contributed by atoms with Crippen LogP contribution in [0.25, 0.3) is 0 Å². The van der Waals surface area contributed by atoms with Gasteiger partial charge in [-0.25, -0.2) is 8.42 Å². The van der Waals surface area contributed by atoms with Crippen molar-refractivity contribution in [1.29, 1.82) is 0 Å². The highest BCUT2D eigenvalue weighted by atomic mass is 32.2. The lowest BCUT2D eigenvalue weighted by Gasteiger charge is -2.28. The fourth-order valence-electron chi connectivity index (χ4n) is 3.38. The Balaban J connectivity index is 2.00. The molecule has 2 aromatic rings. The molecule has 0 aliphatic rings. The van der Waals surface area contributed by atoms with Gasteiger partial charge in [-0.05, 0) is 42.2 Å². The Labute approximate surface area is 169 Å². The molecule has 0 saturated carbocycles. The fraction of sp³-hybridized carbons (Fsp3) is 0.409. The van der Waals surface area contributed by atoms with Crippen LogP contribution in [0.15, 0.2) is 52.4 Å². The topological polar surface area (TPSA) is 70.6 Å². The van der Waals surface area contributed by atoms with Gasteiger partial charge in [0.2, 0.25) is 0 Å². The first kappa shape index (κ1) is 22.0. The molecule has 152 valence electrons. The highest BCUT2D eigenvalue weighted by molar-refractivity contribution is 7.90. The summed E-state index contributed by atoms with van der Waals surface area (Å²) in [5, 5.41) is 6.70. The third kappa shape index (κ3) is 5.58. The molecule has 0 atom stereocenters. The summed E-state index contributed by atoms with van der Waals surface area (Å²) < 4.78 is 23.5. The molecule has 6 heteroatoms. The molecule has 0 unspecified atom stereocenters. The number of rotatable bonds is 6. The molecular formula is C22H31N3O2S. The Morgan fingerprint density at radius 1 is 1.04 bits per heavy atom. The van der Waals surface area contributed by atoms with Gasteiger partial charge in [0.1, 0.15) is 0 Å². The Hall–Kier alpha value is -2.34. The number of guanidine groups is 1. The van der Waals surface area contributed by atoms with Crippen LogP contribution in [0, 0.1) is 13.8 Å². The molecule has 5 nitrogen and oxygen atoms in total. The number of nitrogens with one attached hydrogen (secondary N) is 2. The first-order valence-electron chi connectivity index (χ1n) is 9.35. The lowest BCUT2D eigenvalue weighted by atomic mass is 9.82. The molecule has 0 fully saturated rings. The minimum Gasteiger partial charge on any atom is -0.356 e. The van der Waals surface area contributed by atoms with Crippen LogP contribution in [0.4, 0.5) is 0 Å². The van der Waals surface area contributed by atoms with Crippen LogP contribution in [0.2, 0.25) is 0 Å². The summed E-state index contributed by atoms with van der Waals surface area (Å²) in [6.45, 7) is 9.68. The van der Waals surface area contributed by atoms with Gasteiger partial charge in [0.15, 0.2) is 15.8 Å². The predicted molar refractivity (Wildman–Crippen MR) is 117 cm³/mol. The van der Waals surface area contributed by atoms with Crippen molar-refractivity contribution in [3.8, 4) is 0 Å². The molecule has 0 radical (unpaired) electrons. The number of hydrogen-bond donors (Lipinski definition) is 2. The SMILES string of the molecule is CN=C(NCc1ccc(S(C)(=O)=O)c(C)c1)NCC(C)(C)c1ccccc1C. The molecular weight excluding hydrogens is 370 g/mol. The molecule has 0 aliphatic carbocycles. The Morgan fingerprint density at radius 3 is 2.29 bits per heavy atom. The lowest BCUT2D eigenvalue weighted by Crippen LogP contribution is -2.43. The Morgan fingerprint density at radius 2 is 1.71 bits per heavy atom. The van der Waals surface area contributed by atoms with Crippen LogP contribution in [-0.4, -0.2) is 34.2 Å². The van der Waals surface area contributed by atoms with E-state index in [4.69, 9.17) is 0 Å². The van der Waals surface area contributed by atoms with Gasteiger partial charge in [0.25, 0.3) is 0 Å². The smallest absolute Gasteiger partial charge is 0.191 e. The van der Waals surface area contributed by atoms with Crippen molar-refractivity contribution in [1.82, 2.24) is 10.6 Å². The van der Waals surface area contributed by atoms with E-state index < -0.39 is 9.84 Å². The summed E-state index contributed by atoms with van der Waals surface area (Å²) in [5.41, 5.74) is 4.30. The van der Waals surface area contributed by atoms with E-state index in [1.54, 1.807) is 13.1 Å². The Bertz CT molecular complexity index is 963. The number of benzene rings is 2. The van der Waals surface area contributed by atoms with Crippen molar-refractivity contribution in [3.63, 3.8) is 0 Å². The number of hydrogen-bond acceptors (Lipinski definition) is 3. The van der Waals surface area contributed by atoms with Gasteiger partial charge in [-0.3, -0.25) is 4.99 Å². The first-order valence-corrected chi connectivity index (χ1v) is 11.2. The molecule has 2 N–H and O–H groups in total. The summed E-state index contributed by atoms with van der Waals surface area (Å²) in [5.74, 6) is 0.714. The molecule has 2 rings (SSSR count). The van der Waals surface area contributed by atoms with E-state index in [-0.39, 0.29) is 5.41 Å². The van der Waals surface area contributed by atoms with Crippen molar-refractivity contribution in [3.05, 3.63) is 64.7 Å². The van der Waals surface area contributed by atoms with E-state index in [9.17, 15) is 8.42 Å². The van der Waals surface area contributed by atoms with E-state index in [2.05, 4.69) is 60.7 Å². The average molecular weight is 402 g/mol. The van der Waals surface area contributed by atoms with E-state index in [1.165, 1.54) is 17.4 Å². The maximum atomic E-state index is 11.8. The average Bonchev–Trinajstić information content (AvgIpc) is 2.61. The molecule has 0 aliphatic heterocycles. The predicted octanol–water partition coefficient (Wildman–Crippen LogP) is 3.35. The van der Waals surface area contributed by atoms with Gasteiger partial charge in [0, 0.05) is 31.8 Å². The van der Waals surface area contributed by atoms with Crippen LogP contribution in [-0.2, 0) is 21.8 Å². The van der Waals surface area contributed by atoms with Gasteiger partial charge >= 0.3 is 0 Å². The normalized spacial score (nSPS) is 12.7. The molecule has 0 spiro atoms. The summed E-state index contributed by atoms with van der Waals surface area (Å²) >= 11 is 0. The van der Waals surface area contributed by atoms with Gasteiger partial charge in [-0.15, -0.1) is 0 Å². The largest absolute Gasteiger partial charge is 0.356 e. The summed E-state index contributed by atoms with van der Waals surface area (Å²) in [7, 11) is -1.45. The van der Waals surface area contributed by atoms with E-state index in [1.807, 2.05) is 19.1 Å². The molecule has 28 heavy (non-hydrogen) atoms. The summed E-state index contributed by atoms with van der Waals surface area (Å²) in [4.78, 5) is 4.67. The zero-order chi connectivity index (χ0) is 20.9. The highest BCUT2D eigenvalue weighted by Gasteiger charge is 2.22. The van der Waals surface area contributed by atoms with Gasteiger partial charge in [-0.1, -0.05) is 50.2 Å². The van der Waals surface area contributed by atoms with Gasteiger partial charge in [-0.2, -0.15) is 0 Å². The minimum absolute atomic E-state index is 0.0450. The molecule has 0 amide bonds. The Kier molecular flexibility index (Phi) is 6.88. The molecule has 0 aromatic heterocycles. The number of aryl methyl sites for hydroxylation is 2. The third-order valence-corrected chi connectivity index (χ3v) is 6.15. The van der Waals surface area contributed by atoms with Gasteiger partial charge < -0.3 is 10.6 Å². The second-order valence-electron chi connectivity index (χ2n) is 7.85. The summed E-state index contributed by atoms with van der Waals surface area (Å²) in [6.07, 6.45) is 1.23. The van der Waals surface area contributed by atoms with E-state index >= 15 is 0 Å². The van der Waals surface area contributed by atoms with Crippen LogP contribution in [0.5, 0.6) is 0 Å². The monoisotopic (exact) mass is 401 g/mol. The van der Waals surface area contributed by atoms with Crippen molar-refractivity contribution < 1.29 is 8.42 Å². The maximum absolute atomic E-state index is 11.8. The molecule has 2 aromatic carbocycles. The van der Waals surface area contributed by atoms with Crippen LogP contribution in [0.3, 0.4) is 0 Å². The van der Waals surface area contributed by atoms with Crippen LogP contribution < -0.4 is 10.6 Å². The second-order valence-corrected chi connectivity index (χ2v) is 9.83. The van der Waals surface area contributed by atoms with Crippen molar-refractivity contribution in [2.75, 3.05) is 19.8 Å². The van der Waals surface area contributed by atoms with Crippen LogP contribution >= 0.6 is 0 Å². The van der Waals surface area contributed by atoms with Crippen LogP contribution in [0.1, 0.15) is 36.1 Å².